The van der Waals surface area contributed by atoms with Crippen molar-refractivity contribution in [1.29, 1.82) is 0 Å². The van der Waals surface area contributed by atoms with Crippen LogP contribution in [0.5, 0.6) is 0 Å². The van der Waals surface area contributed by atoms with Crippen molar-refractivity contribution in [3.63, 3.8) is 0 Å². The number of nitrogens with zero attached hydrogens (tertiary/aromatic N) is 3. The molecule has 2 aromatic heterocycles. The van der Waals surface area contributed by atoms with Crippen LogP contribution in [-0.4, -0.2) is 40.5 Å². The van der Waals surface area contributed by atoms with Gasteiger partial charge >= 0.3 is 5.69 Å². The van der Waals surface area contributed by atoms with Crippen molar-refractivity contribution in [2.75, 3.05) is 30.8 Å². The van der Waals surface area contributed by atoms with E-state index in [4.69, 9.17) is 5.73 Å². The Morgan fingerprint density at radius 1 is 1.41 bits per heavy atom. The van der Waals surface area contributed by atoms with Gasteiger partial charge in [0.25, 0.3) is 5.56 Å². The topological polar surface area (TPSA) is 104 Å². The molecule has 146 valence electrons. The van der Waals surface area contributed by atoms with Gasteiger partial charge in [-0.3, -0.25) is 19.1 Å². The molecular weight excluding hydrogens is 366 g/mol. The van der Waals surface area contributed by atoms with Gasteiger partial charge in [-0.25, -0.2) is 4.79 Å². The van der Waals surface area contributed by atoms with E-state index in [9.17, 15) is 14.4 Å². The van der Waals surface area contributed by atoms with Crippen LogP contribution in [0.4, 0.5) is 11.5 Å². The van der Waals surface area contributed by atoms with Crippen LogP contribution in [0.25, 0.3) is 0 Å². The molecule has 1 amide bonds. The lowest BCUT2D eigenvalue weighted by molar-refractivity contribution is -0.130. The van der Waals surface area contributed by atoms with E-state index < -0.39 is 11.2 Å². The first-order chi connectivity index (χ1) is 12.9. The van der Waals surface area contributed by atoms with Gasteiger partial charge in [0, 0.05) is 31.6 Å². The van der Waals surface area contributed by atoms with Crippen LogP contribution in [0.3, 0.4) is 0 Å². The fourth-order valence-corrected chi connectivity index (χ4v) is 4.22. The number of unbranched alkanes of at least 4 members (excludes halogenated alkanes) is 1. The average molecular weight is 391 g/mol. The minimum absolute atomic E-state index is 0.0265. The first kappa shape index (κ1) is 19.2. The third-order valence-electron chi connectivity index (χ3n) is 4.86. The number of hydrogen-bond acceptors (Lipinski definition) is 6. The van der Waals surface area contributed by atoms with Crippen molar-refractivity contribution >= 4 is 28.7 Å². The Kier molecular flexibility index (Phi) is 5.69. The summed E-state index contributed by atoms with van der Waals surface area (Å²) in [6.07, 6.45) is 2.52. The highest BCUT2D eigenvalue weighted by Gasteiger charge is 2.24. The van der Waals surface area contributed by atoms with E-state index >= 15 is 0 Å². The van der Waals surface area contributed by atoms with Crippen molar-refractivity contribution in [2.45, 2.75) is 39.3 Å². The summed E-state index contributed by atoms with van der Waals surface area (Å²) >= 11 is 1.72. The third-order valence-corrected chi connectivity index (χ3v) is 5.89. The number of fused-ring (bicyclic) bond motifs is 1. The highest BCUT2D eigenvalue weighted by atomic mass is 32.1. The van der Waals surface area contributed by atoms with E-state index in [1.807, 2.05) is 12.3 Å². The van der Waals surface area contributed by atoms with Crippen molar-refractivity contribution in [2.24, 2.45) is 0 Å². The Hall–Kier alpha value is -2.55. The Morgan fingerprint density at radius 2 is 2.19 bits per heavy atom. The molecule has 3 N–H and O–H groups in total. The maximum Gasteiger partial charge on any atom is 0.330 e. The molecular formula is C18H25N5O3S. The number of hydrogen-bond donors (Lipinski definition) is 2. The van der Waals surface area contributed by atoms with Crippen molar-refractivity contribution in [3.8, 4) is 0 Å². The Labute approximate surface area is 161 Å². The van der Waals surface area contributed by atoms with E-state index in [1.165, 1.54) is 19.9 Å². The van der Waals surface area contributed by atoms with Gasteiger partial charge < -0.3 is 15.5 Å². The number of H-pyrrole nitrogens is 1. The number of carbonyl (C=O) groups is 1. The fourth-order valence-electron chi connectivity index (χ4n) is 3.33. The van der Waals surface area contributed by atoms with Crippen LogP contribution in [0.15, 0.2) is 21.0 Å². The molecule has 0 spiro atoms. The van der Waals surface area contributed by atoms with Gasteiger partial charge in [-0.05, 0) is 29.9 Å². The highest BCUT2D eigenvalue weighted by molar-refractivity contribution is 7.10. The normalized spacial score (nSPS) is 13.5. The van der Waals surface area contributed by atoms with Crippen LogP contribution >= 0.6 is 11.3 Å². The summed E-state index contributed by atoms with van der Waals surface area (Å²) in [5, 5.41) is 2.05. The highest BCUT2D eigenvalue weighted by Crippen LogP contribution is 2.24. The van der Waals surface area contributed by atoms with Gasteiger partial charge in [0.05, 0.1) is 6.54 Å². The number of amides is 1. The van der Waals surface area contributed by atoms with Crippen molar-refractivity contribution in [1.82, 2.24) is 14.5 Å². The zero-order chi connectivity index (χ0) is 19.6. The summed E-state index contributed by atoms with van der Waals surface area (Å²) in [6.45, 7) is 3.73. The zero-order valence-electron chi connectivity index (χ0n) is 15.7. The monoisotopic (exact) mass is 391 g/mol. The van der Waals surface area contributed by atoms with E-state index in [0.717, 1.165) is 19.3 Å². The number of nitrogen functional groups attached to an aromatic ring is 1. The van der Waals surface area contributed by atoms with Crippen LogP contribution in [0, 0.1) is 0 Å². The quantitative estimate of drug-likeness (QED) is 0.764. The number of aromatic amines is 1. The number of carbonyl (C=O) groups excluding carboxylic acids is 1. The second kappa shape index (κ2) is 7.99. The molecule has 0 saturated carbocycles. The summed E-state index contributed by atoms with van der Waals surface area (Å²) in [6, 6.07) is 2.05. The zero-order valence-corrected chi connectivity index (χ0v) is 16.5. The molecule has 0 unspecified atom stereocenters. The Bertz CT molecular complexity index is 945. The molecule has 0 fully saturated rings. The molecule has 9 heteroatoms. The molecule has 1 aliphatic rings. The number of aromatic nitrogens is 2. The molecule has 2 aromatic rings. The van der Waals surface area contributed by atoms with Gasteiger partial charge in [0.2, 0.25) is 5.91 Å². The van der Waals surface area contributed by atoms with Crippen molar-refractivity contribution < 1.29 is 4.79 Å². The minimum atomic E-state index is -0.570. The van der Waals surface area contributed by atoms with E-state index in [2.05, 4.69) is 11.1 Å². The van der Waals surface area contributed by atoms with Crippen LogP contribution in [-0.2, 0) is 24.3 Å². The van der Waals surface area contributed by atoms with Crippen molar-refractivity contribution in [3.05, 3.63) is 42.7 Å². The number of rotatable bonds is 6. The molecule has 0 atom stereocenters. The van der Waals surface area contributed by atoms with E-state index in [1.54, 1.807) is 23.3 Å². The molecule has 0 aromatic carbocycles. The maximum atomic E-state index is 12.7. The second-order valence-corrected chi connectivity index (χ2v) is 7.79. The van der Waals surface area contributed by atoms with Crippen LogP contribution in [0.1, 0.15) is 30.2 Å². The first-order valence-corrected chi connectivity index (χ1v) is 9.97. The summed E-state index contributed by atoms with van der Waals surface area (Å²) in [4.78, 5) is 44.0. The molecule has 27 heavy (non-hydrogen) atoms. The lowest BCUT2D eigenvalue weighted by atomic mass is 10.1. The van der Waals surface area contributed by atoms with Crippen LogP contribution in [0.2, 0.25) is 0 Å². The summed E-state index contributed by atoms with van der Waals surface area (Å²) < 4.78 is 1.36. The van der Waals surface area contributed by atoms with Gasteiger partial charge in [0.15, 0.2) is 0 Å². The third kappa shape index (κ3) is 3.92. The first-order valence-electron chi connectivity index (χ1n) is 9.09. The standard InChI is InChI=1S/C18H25N5O3S/c1-3-4-7-23-16(19)15(17(25)20-18(23)26)21(2)11-14(24)22-8-5-13-12(10-22)6-9-27-13/h6,9H,3-5,7-8,10-11,19H2,1-2H3,(H,20,25,26). The van der Waals surface area contributed by atoms with Gasteiger partial charge in [-0.15, -0.1) is 11.3 Å². The minimum Gasteiger partial charge on any atom is -0.383 e. The smallest absolute Gasteiger partial charge is 0.330 e. The van der Waals surface area contributed by atoms with Gasteiger partial charge in [-0.2, -0.15) is 0 Å². The van der Waals surface area contributed by atoms with E-state index in [0.29, 0.717) is 19.6 Å². The predicted octanol–water partition coefficient (Wildman–Crippen LogP) is 1.00. The summed E-state index contributed by atoms with van der Waals surface area (Å²) in [5.74, 6) is 0.0331. The largest absolute Gasteiger partial charge is 0.383 e. The Morgan fingerprint density at radius 3 is 2.93 bits per heavy atom. The van der Waals surface area contributed by atoms with E-state index in [-0.39, 0.29) is 24.0 Å². The average Bonchev–Trinajstić information content (AvgIpc) is 3.08. The molecule has 3 rings (SSSR count). The molecule has 0 aliphatic carbocycles. The number of likely N-dealkylation sites (N-methyl/N-ethyl adjacent to an activating group) is 1. The molecule has 1 aliphatic heterocycles. The molecule has 3 heterocycles. The molecule has 0 bridgehead atoms. The molecule has 0 saturated heterocycles. The predicted molar refractivity (Wildman–Crippen MR) is 107 cm³/mol. The lowest BCUT2D eigenvalue weighted by Crippen LogP contribution is -2.44. The van der Waals surface area contributed by atoms with Gasteiger partial charge in [-0.1, -0.05) is 13.3 Å². The van der Waals surface area contributed by atoms with Crippen LogP contribution < -0.4 is 21.9 Å². The number of thiophene rings is 1. The number of nitrogens with one attached hydrogen (secondary N) is 1. The fraction of sp³-hybridized carbons (Fsp3) is 0.500. The maximum absolute atomic E-state index is 12.7. The second-order valence-electron chi connectivity index (χ2n) is 6.79. The SMILES string of the molecule is CCCCn1c(N)c(N(C)CC(=O)N2CCc3sccc3C2)c(=O)[nH]c1=O. The number of nitrogens with two attached hydrogens (primary N) is 1. The van der Waals surface area contributed by atoms with Gasteiger partial charge in [0.1, 0.15) is 11.5 Å². The summed E-state index contributed by atoms with van der Waals surface area (Å²) in [7, 11) is 1.65. The lowest BCUT2D eigenvalue weighted by Gasteiger charge is -2.29. The Balaban J connectivity index is 1.78. The summed E-state index contributed by atoms with van der Waals surface area (Å²) in [5.41, 5.74) is 6.37. The molecule has 0 radical (unpaired) electrons. The molecule has 8 nitrogen and oxygen atoms in total. The number of anilines is 2.